The maximum absolute atomic E-state index is 11.0. The first-order chi connectivity index (χ1) is 8.60. The van der Waals surface area contributed by atoms with Crippen LogP contribution in [0, 0.1) is 11.8 Å². The average Bonchev–Trinajstić information content (AvgIpc) is 2.26. The van der Waals surface area contributed by atoms with E-state index in [1.54, 1.807) is 0 Å². The van der Waals surface area contributed by atoms with Crippen molar-refractivity contribution in [2.24, 2.45) is 11.8 Å². The molecule has 0 radical (unpaired) electrons. The molecule has 0 aromatic rings. The van der Waals surface area contributed by atoms with Gasteiger partial charge in [0.15, 0.2) is 8.32 Å². The third-order valence-corrected chi connectivity index (χ3v) is 8.83. The zero-order valence-electron chi connectivity index (χ0n) is 14.1. The van der Waals surface area contributed by atoms with Gasteiger partial charge in [-0.15, -0.1) is 0 Å². The van der Waals surface area contributed by atoms with Gasteiger partial charge in [-0.3, -0.25) is 0 Å². The van der Waals surface area contributed by atoms with Crippen LogP contribution in [-0.2, 0) is 9.22 Å². The Labute approximate surface area is 121 Å². The van der Waals surface area contributed by atoms with Gasteiger partial charge in [0.1, 0.15) is 6.29 Å². The molecule has 114 valence electrons. The Morgan fingerprint density at radius 1 is 1.11 bits per heavy atom. The molecule has 0 fully saturated rings. The highest BCUT2D eigenvalue weighted by molar-refractivity contribution is 6.74. The van der Waals surface area contributed by atoms with Gasteiger partial charge in [-0.05, 0) is 43.3 Å². The maximum Gasteiger partial charge on any atom is 0.191 e. The second-order valence-electron chi connectivity index (χ2n) is 7.62. The molecular weight excluding hydrogens is 252 g/mol. The van der Waals surface area contributed by atoms with Gasteiger partial charge >= 0.3 is 0 Å². The summed E-state index contributed by atoms with van der Waals surface area (Å²) in [6, 6.07) is 0. The van der Waals surface area contributed by atoms with E-state index in [1.165, 1.54) is 0 Å². The molecule has 0 N–H and O–H groups in total. The normalized spacial score (nSPS) is 14.7. The smallest absolute Gasteiger partial charge is 0.191 e. The van der Waals surface area contributed by atoms with Crippen molar-refractivity contribution in [2.75, 3.05) is 6.61 Å². The predicted molar refractivity (Wildman–Crippen MR) is 86.0 cm³/mol. The Hall–Kier alpha value is -0.153. The molecule has 0 saturated heterocycles. The lowest BCUT2D eigenvalue weighted by Crippen LogP contribution is -2.41. The van der Waals surface area contributed by atoms with Crippen molar-refractivity contribution in [3.63, 3.8) is 0 Å². The minimum absolute atomic E-state index is 0.227. The van der Waals surface area contributed by atoms with E-state index in [-0.39, 0.29) is 11.0 Å². The predicted octanol–water partition coefficient (Wildman–Crippen LogP) is 5.04. The van der Waals surface area contributed by atoms with Crippen LogP contribution in [0.1, 0.15) is 60.3 Å². The van der Waals surface area contributed by atoms with E-state index in [0.29, 0.717) is 5.92 Å². The number of hydrogen-bond acceptors (Lipinski definition) is 2. The fourth-order valence-corrected chi connectivity index (χ4v) is 2.80. The van der Waals surface area contributed by atoms with E-state index < -0.39 is 8.32 Å². The van der Waals surface area contributed by atoms with Crippen LogP contribution in [0.15, 0.2) is 0 Å². The molecule has 0 spiro atoms. The Morgan fingerprint density at radius 3 is 2.11 bits per heavy atom. The Balaban J connectivity index is 3.92. The first kappa shape index (κ1) is 18.8. The summed E-state index contributed by atoms with van der Waals surface area (Å²) >= 11 is 0. The number of hydrogen-bond donors (Lipinski definition) is 0. The second-order valence-corrected chi connectivity index (χ2v) is 12.4. The van der Waals surface area contributed by atoms with Crippen LogP contribution in [0.2, 0.25) is 18.1 Å². The fraction of sp³-hybridized carbons (Fsp3) is 0.938. The molecule has 0 bridgehead atoms. The van der Waals surface area contributed by atoms with Crippen LogP contribution in [0.25, 0.3) is 0 Å². The van der Waals surface area contributed by atoms with Crippen LogP contribution >= 0.6 is 0 Å². The highest BCUT2D eigenvalue weighted by Crippen LogP contribution is 2.36. The van der Waals surface area contributed by atoms with Crippen LogP contribution in [0.3, 0.4) is 0 Å². The summed E-state index contributed by atoms with van der Waals surface area (Å²) in [5.41, 5.74) is 0. The summed E-state index contributed by atoms with van der Waals surface area (Å²) in [5.74, 6) is 0.913. The van der Waals surface area contributed by atoms with Crippen molar-refractivity contribution in [1.82, 2.24) is 0 Å². The summed E-state index contributed by atoms with van der Waals surface area (Å²) < 4.78 is 6.14. The van der Waals surface area contributed by atoms with Crippen molar-refractivity contribution in [3.05, 3.63) is 0 Å². The summed E-state index contributed by atoms with van der Waals surface area (Å²) in [5, 5.41) is 0.273. The molecule has 0 aliphatic rings. The molecule has 3 heteroatoms. The van der Waals surface area contributed by atoms with Gasteiger partial charge in [0.25, 0.3) is 0 Å². The molecule has 0 unspecified atom stereocenters. The molecule has 1 atom stereocenters. The van der Waals surface area contributed by atoms with Crippen LogP contribution in [-0.4, -0.2) is 21.2 Å². The van der Waals surface area contributed by atoms with Crippen molar-refractivity contribution in [3.8, 4) is 0 Å². The molecule has 2 nitrogen and oxygen atoms in total. The molecule has 19 heavy (non-hydrogen) atoms. The molecule has 0 aromatic heterocycles. The standard InChI is InChI=1S/C16H34O2Si/c1-14(2)10-11-15(13-17)9-8-12-18-19(6,7)16(3,4)5/h13-15H,8-12H2,1-7H3/t15-/m1/s1. The zero-order chi connectivity index (χ0) is 15.1. The second kappa shape index (κ2) is 8.20. The quantitative estimate of drug-likeness (QED) is 0.337. The largest absolute Gasteiger partial charge is 0.417 e. The molecule has 0 rings (SSSR count). The molecule has 0 aromatic carbocycles. The fourth-order valence-electron chi connectivity index (χ4n) is 1.72. The van der Waals surface area contributed by atoms with Crippen LogP contribution in [0.5, 0.6) is 0 Å². The highest BCUT2D eigenvalue weighted by Gasteiger charge is 2.36. The lowest BCUT2D eigenvalue weighted by Gasteiger charge is -2.36. The van der Waals surface area contributed by atoms with E-state index in [4.69, 9.17) is 4.43 Å². The van der Waals surface area contributed by atoms with E-state index in [9.17, 15) is 4.79 Å². The molecule has 0 heterocycles. The van der Waals surface area contributed by atoms with Gasteiger partial charge in [-0.2, -0.15) is 0 Å². The van der Waals surface area contributed by atoms with Crippen molar-refractivity contribution in [2.45, 2.75) is 78.4 Å². The van der Waals surface area contributed by atoms with Gasteiger partial charge in [0.2, 0.25) is 0 Å². The summed E-state index contributed by atoms with van der Waals surface area (Å²) in [6.07, 6.45) is 5.29. The van der Waals surface area contributed by atoms with Gasteiger partial charge in [-0.25, -0.2) is 0 Å². The number of carbonyl (C=O) groups excluding carboxylic acids is 1. The van der Waals surface area contributed by atoms with Gasteiger partial charge < -0.3 is 9.22 Å². The third-order valence-electron chi connectivity index (χ3n) is 4.30. The average molecular weight is 287 g/mol. The third kappa shape index (κ3) is 7.88. The van der Waals surface area contributed by atoms with E-state index >= 15 is 0 Å². The number of rotatable bonds is 9. The lowest BCUT2D eigenvalue weighted by molar-refractivity contribution is -0.111. The molecular formula is C16H34O2Si. The first-order valence-electron chi connectivity index (χ1n) is 7.69. The molecule has 0 amide bonds. The van der Waals surface area contributed by atoms with Crippen molar-refractivity contribution in [1.29, 1.82) is 0 Å². The van der Waals surface area contributed by atoms with Crippen molar-refractivity contribution < 1.29 is 9.22 Å². The van der Waals surface area contributed by atoms with Gasteiger partial charge in [-0.1, -0.05) is 41.0 Å². The van der Waals surface area contributed by atoms with Crippen molar-refractivity contribution >= 4 is 14.6 Å². The molecule has 0 saturated carbocycles. The van der Waals surface area contributed by atoms with E-state index in [0.717, 1.165) is 38.6 Å². The Kier molecular flexibility index (Phi) is 8.14. The van der Waals surface area contributed by atoms with Gasteiger partial charge in [0.05, 0.1) is 0 Å². The summed E-state index contributed by atoms with van der Waals surface area (Å²) in [7, 11) is -1.61. The number of carbonyl (C=O) groups is 1. The molecule has 0 aliphatic heterocycles. The lowest BCUT2D eigenvalue weighted by atomic mass is 9.95. The SMILES string of the molecule is CC(C)CC[C@H](C=O)CCCO[Si](C)(C)C(C)(C)C. The van der Waals surface area contributed by atoms with Crippen LogP contribution < -0.4 is 0 Å². The minimum Gasteiger partial charge on any atom is -0.417 e. The van der Waals surface area contributed by atoms with E-state index in [1.807, 2.05) is 0 Å². The highest BCUT2D eigenvalue weighted by atomic mass is 28.4. The summed E-state index contributed by atoms with van der Waals surface area (Å²) in [6.45, 7) is 16.6. The van der Waals surface area contributed by atoms with E-state index in [2.05, 4.69) is 47.7 Å². The summed E-state index contributed by atoms with van der Waals surface area (Å²) in [4.78, 5) is 11.0. The van der Waals surface area contributed by atoms with Crippen LogP contribution in [0.4, 0.5) is 0 Å². The van der Waals surface area contributed by atoms with Gasteiger partial charge in [0, 0.05) is 12.5 Å². The monoisotopic (exact) mass is 286 g/mol. The molecule has 0 aliphatic carbocycles. The minimum atomic E-state index is -1.61. The Bertz CT molecular complexity index is 254. The number of aldehydes is 1. The first-order valence-corrected chi connectivity index (χ1v) is 10.6. The zero-order valence-corrected chi connectivity index (χ0v) is 15.1. The Morgan fingerprint density at radius 2 is 1.68 bits per heavy atom. The topological polar surface area (TPSA) is 26.3 Å². The maximum atomic E-state index is 11.0.